The number of hydrogen-bond donors (Lipinski definition) is 2. The molecule has 0 spiro atoms. The van der Waals surface area contributed by atoms with E-state index in [1.54, 1.807) is 11.8 Å². The summed E-state index contributed by atoms with van der Waals surface area (Å²) in [5.74, 6) is 3.85. The zero-order valence-corrected chi connectivity index (χ0v) is 11.3. The van der Waals surface area contributed by atoms with Crippen LogP contribution in [-0.2, 0) is 4.79 Å². The third-order valence-electron chi connectivity index (χ3n) is 2.45. The number of benzene rings is 1. The number of rotatable bonds is 6. The van der Waals surface area contributed by atoms with Gasteiger partial charge in [-0.3, -0.25) is 4.79 Å². The van der Waals surface area contributed by atoms with Crippen LogP contribution in [0.2, 0.25) is 0 Å². The maximum absolute atomic E-state index is 11.8. The molecule has 0 radical (unpaired) electrons. The average Bonchev–Trinajstić information content (AvgIpc) is 2.38. The van der Waals surface area contributed by atoms with Gasteiger partial charge in [0.15, 0.2) is 0 Å². The van der Waals surface area contributed by atoms with E-state index < -0.39 is 6.04 Å². The number of nitrogens with two attached hydrogens (primary N) is 1. The number of hydrogen-bond acceptors (Lipinski definition) is 3. The summed E-state index contributed by atoms with van der Waals surface area (Å²) < 4.78 is 0. The van der Waals surface area contributed by atoms with E-state index >= 15 is 0 Å². The summed E-state index contributed by atoms with van der Waals surface area (Å²) in [6.07, 6.45) is 5.13. The van der Waals surface area contributed by atoms with Gasteiger partial charge in [-0.05, 0) is 12.5 Å². The highest BCUT2D eigenvalue weighted by Crippen LogP contribution is 2.11. The molecule has 96 valence electrons. The van der Waals surface area contributed by atoms with E-state index in [4.69, 9.17) is 12.2 Å². The maximum Gasteiger partial charge on any atom is 0.241 e. The van der Waals surface area contributed by atoms with Crippen LogP contribution in [0.4, 0.5) is 0 Å². The third kappa shape index (κ3) is 4.82. The van der Waals surface area contributed by atoms with Crippen LogP contribution in [0.25, 0.3) is 0 Å². The van der Waals surface area contributed by atoms with E-state index in [0.29, 0.717) is 12.3 Å². The molecule has 0 saturated carbocycles. The van der Waals surface area contributed by atoms with Gasteiger partial charge in [0.05, 0.1) is 5.75 Å². The van der Waals surface area contributed by atoms with Crippen molar-refractivity contribution in [3.63, 3.8) is 0 Å². The van der Waals surface area contributed by atoms with Gasteiger partial charge in [0.25, 0.3) is 0 Å². The van der Waals surface area contributed by atoms with Crippen molar-refractivity contribution in [2.45, 2.75) is 13.0 Å². The lowest BCUT2D eigenvalue weighted by molar-refractivity contribution is -0.122. The van der Waals surface area contributed by atoms with Gasteiger partial charge in [-0.25, -0.2) is 0 Å². The SMILES string of the molecule is C#CCSCCNC(=O)C(N)c1ccc(C)cc1. The number of terminal acetylenes is 1. The molecular formula is C14H18N2OS. The Hall–Kier alpha value is -1.44. The van der Waals surface area contributed by atoms with Gasteiger partial charge in [0, 0.05) is 12.3 Å². The Bertz CT molecular complexity index is 422. The quantitative estimate of drug-likeness (QED) is 0.603. The molecule has 1 rings (SSSR count). The number of thioether (sulfide) groups is 1. The van der Waals surface area contributed by atoms with E-state index in [-0.39, 0.29) is 5.91 Å². The Morgan fingerprint density at radius 1 is 1.50 bits per heavy atom. The summed E-state index contributed by atoms with van der Waals surface area (Å²) in [6.45, 7) is 2.59. The predicted molar refractivity (Wildman–Crippen MR) is 77.3 cm³/mol. The van der Waals surface area contributed by atoms with Gasteiger partial charge < -0.3 is 11.1 Å². The number of carbonyl (C=O) groups is 1. The van der Waals surface area contributed by atoms with Gasteiger partial charge >= 0.3 is 0 Å². The molecule has 0 saturated heterocycles. The highest BCUT2D eigenvalue weighted by Gasteiger charge is 2.14. The Morgan fingerprint density at radius 3 is 2.78 bits per heavy atom. The fourth-order valence-electron chi connectivity index (χ4n) is 1.41. The normalized spacial score (nSPS) is 11.6. The molecule has 0 bridgehead atoms. The molecule has 0 aliphatic carbocycles. The fourth-order valence-corrected chi connectivity index (χ4v) is 1.92. The zero-order chi connectivity index (χ0) is 13.4. The highest BCUT2D eigenvalue weighted by molar-refractivity contribution is 7.99. The van der Waals surface area contributed by atoms with Gasteiger partial charge in [-0.2, -0.15) is 0 Å². The van der Waals surface area contributed by atoms with Crippen molar-refractivity contribution in [3.8, 4) is 12.3 Å². The molecule has 3 N–H and O–H groups in total. The Balaban J connectivity index is 2.37. The second-order valence-electron chi connectivity index (χ2n) is 3.94. The number of nitrogens with one attached hydrogen (secondary N) is 1. The van der Waals surface area contributed by atoms with Crippen LogP contribution in [0.5, 0.6) is 0 Å². The summed E-state index contributed by atoms with van der Waals surface area (Å²) >= 11 is 1.61. The molecule has 0 aliphatic heterocycles. The molecule has 1 aromatic rings. The van der Waals surface area contributed by atoms with Crippen LogP contribution >= 0.6 is 11.8 Å². The first-order chi connectivity index (χ1) is 8.65. The third-order valence-corrected chi connectivity index (χ3v) is 3.31. The Kier molecular flexibility index (Phi) is 6.34. The summed E-state index contributed by atoms with van der Waals surface area (Å²) in [4.78, 5) is 11.8. The maximum atomic E-state index is 11.8. The molecule has 1 amide bonds. The zero-order valence-electron chi connectivity index (χ0n) is 10.5. The van der Waals surface area contributed by atoms with Crippen molar-refractivity contribution in [2.24, 2.45) is 5.73 Å². The topological polar surface area (TPSA) is 55.1 Å². The molecule has 0 aromatic heterocycles. The lowest BCUT2D eigenvalue weighted by atomic mass is 10.1. The van der Waals surface area contributed by atoms with Crippen LogP contribution in [0.1, 0.15) is 17.2 Å². The van der Waals surface area contributed by atoms with Gasteiger partial charge in [0.1, 0.15) is 6.04 Å². The summed E-state index contributed by atoms with van der Waals surface area (Å²) in [6, 6.07) is 7.05. The van der Waals surface area contributed by atoms with E-state index in [1.165, 1.54) is 0 Å². The van der Waals surface area contributed by atoms with Crippen LogP contribution in [-0.4, -0.2) is 24.0 Å². The molecule has 0 heterocycles. The molecule has 18 heavy (non-hydrogen) atoms. The molecule has 0 fully saturated rings. The molecule has 4 heteroatoms. The molecule has 1 atom stereocenters. The monoisotopic (exact) mass is 262 g/mol. The Labute approximate surface area is 113 Å². The van der Waals surface area contributed by atoms with Crippen LogP contribution in [0.15, 0.2) is 24.3 Å². The van der Waals surface area contributed by atoms with Gasteiger partial charge in [0.2, 0.25) is 5.91 Å². The van der Waals surface area contributed by atoms with Crippen LogP contribution in [0.3, 0.4) is 0 Å². The predicted octanol–water partition coefficient (Wildman–Crippen LogP) is 1.48. The first kappa shape index (κ1) is 14.6. The number of amides is 1. The van der Waals surface area contributed by atoms with E-state index in [1.807, 2.05) is 31.2 Å². The van der Waals surface area contributed by atoms with Crippen molar-refractivity contribution in [3.05, 3.63) is 35.4 Å². The Morgan fingerprint density at radius 2 is 2.17 bits per heavy atom. The minimum absolute atomic E-state index is 0.153. The number of carbonyl (C=O) groups excluding carboxylic acids is 1. The molecule has 3 nitrogen and oxygen atoms in total. The van der Waals surface area contributed by atoms with Crippen molar-refractivity contribution < 1.29 is 4.79 Å². The standard InChI is InChI=1S/C14H18N2OS/c1-3-9-18-10-8-16-14(17)13(15)12-6-4-11(2)5-7-12/h1,4-7,13H,8-10,15H2,2H3,(H,16,17). The molecule has 1 aromatic carbocycles. The van der Waals surface area contributed by atoms with Crippen molar-refractivity contribution >= 4 is 17.7 Å². The van der Waals surface area contributed by atoms with Gasteiger partial charge in [-0.15, -0.1) is 18.2 Å². The average molecular weight is 262 g/mol. The van der Waals surface area contributed by atoms with Crippen LogP contribution in [0, 0.1) is 19.3 Å². The van der Waals surface area contributed by atoms with Gasteiger partial charge in [-0.1, -0.05) is 35.7 Å². The van der Waals surface area contributed by atoms with E-state index in [9.17, 15) is 4.79 Å². The minimum atomic E-state index is -0.608. The summed E-state index contributed by atoms with van der Waals surface area (Å²) in [7, 11) is 0. The molecule has 1 unspecified atom stereocenters. The minimum Gasteiger partial charge on any atom is -0.354 e. The molecule has 0 aliphatic rings. The smallest absolute Gasteiger partial charge is 0.241 e. The second kappa shape index (κ2) is 7.80. The van der Waals surface area contributed by atoms with Crippen molar-refractivity contribution in [2.75, 3.05) is 18.1 Å². The highest BCUT2D eigenvalue weighted by atomic mass is 32.2. The lowest BCUT2D eigenvalue weighted by Crippen LogP contribution is -2.35. The number of aryl methyl sites for hydroxylation is 1. The molecular weight excluding hydrogens is 244 g/mol. The van der Waals surface area contributed by atoms with E-state index in [0.717, 1.165) is 16.9 Å². The lowest BCUT2D eigenvalue weighted by Gasteiger charge is -2.12. The van der Waals surface area contributed by atoms with E-state index in [2.05, 4.69) is 11.2 Å². The largest absolute Gasteiger partial charge is 0.354 e. The summed E-state index contributed by atoms with van der Waals surface area (Å²) in [5.41, 5.74) is 7.86. The first-order valence-corrected chi connectivity index (χ1v) is 6.91. The second-order valence-corrected chi connectivity index (χ2v) is 5.04. The first-order valence-electron chi connectivity index (χ1n) is 5.76. The van der Waals surface area contributed by atoms with Crippen molar-refractivity contribution in [1.29, 1.82) is 0 Å². The summed E-state index contributed by atoms with van der Waals surface area (Å²) in [5, 5.41) is 2.80. The van der Waals surface area contributed by atoms with Crippen molar-refractivity contribution in [1.82, 2.24) is 5.32 Å². The fraction of sp³-hybridized carbons (Fsp3) is 0.357. The van der Waals surface area contributed by atoms with Crippen LogP contribution < -0.4 is 11.1 Å².